The zero-order valence-electron chi connectivity index (χ0n) is 14.7. The summed E-state index contributed by atoms with van der Waals surface area (Å²) >= 11 is 12.6. The second-order valence-corrected chi connectivity index (χ2v) is 6.85. The van der Waals surface area contributed by atoms with Gasteiger partial charge in [0.05, 0.1) is 15.6 Å². The number of aromatic nitrogens is 3. The number of nitrogens with zero attached hydrogens (tertiary/aromatic N) is 3. The monoisotopic (exact) mass is 413 g/mol. The summed E-state index contributed by atoms with van der Waals surface area (Å²) in [7, 11) is 1.71. The SMILES string of the molecule is Cn1nc(-c2c(F)cccc2Cl)nc1-c1ccc(Oc2ccccc2)cc1Cl. The Bertz CT molecular complexity index is 1130. The standard InChI is InChI=1S/C21H14Cl2FN3O/c1-27-21(25-20(26-27)19-16(22)8-5-9-18(19)24)15-11-10-14(12-17(15)23)28-13-6-3-2-4-7-13/h2-12H,1H3. The fourth-order valence-electron chi connectivity index (χ4n) is 2.80. The van der Waals surface area contributed by atoms with Crippen molar-refractivity contribution < 1.29 is 9.13 Å². The van der Waals surface area contributed by atoms with Crippen LogP contribution in [0.1, 0.15) is 0 Å². The lowest BCUT2D eigenvalue weighted by molar-refractivity contribution is 0.483. The van der Waals surface area contributed by atoms with Gasteiger partial charge in [-0.15, -0.1) is 0 Å². The van der Waals surface area contributed by atoms with E-state index >= 15 is 0 Å². The zero-order valence-corrected chi connectivity index (χ0v) is 16.2. The van der Waals surface area contributed by atoms with E-state index in [-0.39, 0.29) is 16.4 Å². The van der Waals surface area contributed by atoms with E-state index in [1.165, 1.54) is 16.8 Å². The molecular weight excluding hydrogens is 400 g/mol. The van der Waals surface area contributed by atoms with Crippen LogP contribution >= 0.6 is 23.2 Å². The Hall–Kier alpha value is -2.89. The maximum Gasteiger partial charge on any atom is 0.186 e. The van der Waals surface area contributed by atoms with E-state index in [0.717, 1.165) is 0 Å². The highest BCUT2D eigenvalue weighted by molar-refractivity contribution is 6.33. The van der Waals surface area contributed by atoms with Crippen LogP contribution in [-0.4, -0.2) is 14.8 Å². The molecule has 0 amide bonds. The van der Waals surface area contributed by atoms with Gasteiger partial charge in [0.15, 0.2) is 11.6 Å². The van der Waals surface area contributed by atoms with E-state index in [1.807, 2.05) is 30.3 Å². The largest absolute Gasteiger partial charge is 0.457 e. The predicted octanol–water partition coefficient (Wildman–Crippen LogP) is 6.39. The van der Waals surface area contributed by atoms with Crippen LogP contribution in [0.15, 0.2) is 66.7 Å². The average Bonchev–Trinajstić information content (AvgIpc) is 3.03. The molecule has 0 saturated heterocycles. The lowest BCUT2D eigenvalue weighted by atomic mass is 10.2. The van der Waals surface area contributed by atoms with Gasteiger partial charge in [-0.3, -0.25) is 0 Å². The number of para-hydroxylation sites is 1. The maximum absolute atomic E-state index is 14.2. The van der Waals surface area contributed by atoms with E-state index in [9.17, 15) is 4.39 Å². The molecule has 0 unspecified atom stereocenters. The van der Waals surface area contributed by atoms with Crippen LogP contribution in [0.3, 0.4) is 0 Å². The molecule has 0 bridgehead atoms. The van der Waals surface area contributed by atoms with Crippen LogP contribution in [0.2, 0.25) is 10.0 Å². The fourth-order valence-corrected chi connectivity index (χ4v) is 3.30. The Kier molecular flexibility index (Phi) is 5.03. The minimum Gasteiger partial charge on any atom is -0.457 e. The van der Waals surface area contributed by atoms with Gasteiger partial charge in [-0.2, -0.15) is 5.10 Å². The summed E-state index contributed by atoms with van der Waals surface area (Å²) in [6.45, 7) is 0. The summed E-state index contributed by atoms with van der Waals surface area (Å²) in [5, 5.41) is 4.99. The van der Waals surface area contributed by atoms with Crippen molar-refractivity contribution in [2.45, 2.75) is 0 Å². The molecule has 1 aromatic heterocycles. The first kappa shape index (κ1) is 18.5. The van der Waals surface area contributed by atoms with Crippen LogP contribution in [-0.2, 0) is 7.05 Å². The van der Waals surface area contributed by atoms with Gasteiger partial charge in [0, 0.05) is 18.7 Å². The van der Waals surface area contributed by atoms with Crippen molar-refractivity contribution in [1.29, 1.82) is 0 Å². The third-order valence-electron chi connectivity index (χ3n) is 4.11. The quantitative estimate of drug-likeness (QED) is 0.389. The summed E-state index contributed by atoms with van der Waals surface area (Å²) < 4.78 is 21.5. The molecule has 0 fully saturated rings. The predicted molar refractivity (Wildman–Crippen MR) is 108 cm³/mol. The van der Waals surface area contributed by atoms with Gasteiger partial charge >= 0.3 is 0 Å². The molecule has 0 aliphatic rings. The molecule has 0 aliphatic heterocycles. The second-order valence-electron chi connectivity index (χ2n) is 6.04. The molecule has 1 heterocycles. The first-order valence-corrected chi connectivity index (χ1v) is 9.17. The molecule has 4 aromatic rings. The van der Waals surface area contributed by atoms with Gasteiger partial charge in [-0.1, -0.05) is 47.5 Å². The number of benzene rings is 3. The number of hydrogen-bond donors (Lipinski definition) is 0. The second kappa shape index (κ2) is 7.62. The molecule has 7 heteroatoms. The molecular formula is C21H14Cl2FN3O. The van der Waals surface area contributed by atoms with Gasteiger partial charge in [-0.25, -0.2) is 14.1 Å². The molecule has 4 nitrogen and oxygen atoms in total. The van der Waals surface area contributed by atoms with Crippen LogP contribution < -0.4 is 4.74 Å². The van der Waals surface area contributed by atoms with Crippen LogP contribution in [0.4, 0.5) is 4.39 Å². The summed E-state index contributed by atoms with van der Waals surface area (Å²) in [4.78, 5) is 4.45. The van der Waals surface area contributed by atoms with Gasteiger partial charge in [0.1, 0.15) is 17.3 Å². The number of aryl methyl sites for hydroxylation is 1. The highest BCUT2D eigenvalue weighted by Crippen LogP contribution is 2.34. The fraction of sp³-hybridized carbons (Fsp3) is 0.0476. The Balaban J connectivity index is 1.69. The van der Waals surface area contributed by atoms with E-state index in [2.05, 4.69) is 10.1 Å². The van der Waals surface area contributed by atoms with Crippen molar-refractivity contribution in [2.75, 3.05) is 0 Å². The lowest BCUT2D eigenvalue weighted by Gasteiger charge is -2.08. The molecule has 0 saturated carbocycles. The Labute approximate surface area is 171 Å². The van der Waals surface area contributed by atoms with Crippen molar-refractivity contribution in [2.24, 2.45) is 7.05 Å². The van der Waals surface area contributed by atoms with Crippen molar-refractivity contribution >= 4 is 23.2 Å². The first-order valence-electron chi connectivity index (χ1n) is 8.41. The average molecular weight is 414 g/mol. The topological polar surface area (TPSA) is 39.9 Å². The van der Waals surface area contributed by atoms with Gasteiger partial charge in [0.25, 0.3) is 0 Å². The molecule has 3 aromatic carbocycles. The van der Waals surface area contributed by atoms with E-state index in [4.69, 9.17) is 27.9 Å². The summed E-state index contributed by atoms with van der Waals surface area (Å²) in [5.41, 5.74) is 0.807. The molecule has 0 radical (unpaired) electrons. The van der Waals surface area contributed by atoms with Crippen molar-refractivity contribution in [3.05, 3.63) is 82.6 Å². The Morgan fingerprint density at radius 3 is 2.39 bits per heavy atom. The molecule has 0 aliphatic carbocycles. The molecule has 28 heavy (non-hydrogen) atoms. The summed E-state index contributed by atoms with van der Waals surface area (Å²) in [6, 6.07) is 19.1. The number of rotatable bonds is 4. The van der Waals surface area contributed by atoms with Gasteiger partial charge in [-0.05, 0) is 36.4 Å². The van der Waals surface area contributed by atoms with E-state index in [1.54, 1.807) is 31.3 Å². The van der Waals surface area contributed by atoms with Crippen LogP contribution in [0, 0.1) is 5.82 Å². The number of hydrogen-bond acceptors (Lipinski definition) is 3. The highest BCUT2D eigenvalue weighted by Gasteiger charge is 2.19. The molecule has 0 spiro atoms. The van der Waals surface area contributed by atoms with Gasteiger partial charge < -0.3 is 4.74 Å². The minimum atomic E-state index is -0.484. The van der Waals surface area contributed by atoms with E-state index < -0.39 is 5.82 Å². The Morgan fingerprint density at radius 1 is 0.893 bits per heavy atom. The molecule has 4 rings (SSSR count). The van der Waals surface area contributed by atoms with Gasteiger partial charge in [0.2, 0.25) is 0 Å². The molecule has 140 valence electrons. The highest BCUT2D eigenvalue weighted by atomic mass is 35.5. The van der Waals surface area contributed by atoms with Crippen LogP contribution in [0.25, 0.3) is 22.8 Å². The van der Waals surface area contributed by atoms with Crippen molar-refractivity contribution in [1.82, 2.24) is 14.8 Å². The molecule has 0 N–H and O–H groups in total. The first-order chi connectivity index (χ1) is 13.5. The number of halogens is 3. The maximum atomic E-state index is 14.2. The van der Waals surface area contributed by atoms with Crippen molar-refractivity contribution in [3.63, 3.8) is 0 Å². The number of ether oxygens (including phenoxy) is 1. The van der Waals surface area contributed by atoms with E-state index in [0.29, 0.717) is 27.9 Å². The molecule has 0 atom stereocenters. The minimum absolute atomic E-state index is 0.158. The summed E-state index contributed by atoms with van der Waals surface area (Å²) in [5.74, 6) is 1.51. The summed E-state index contributed by atoms with van der Waals surface area (Å²) in [6.07, 6.45) is 0. The zero-order chi connectivity index (χ0) is 19.7. The smallest absolute Gasteiger partial charge is 0.186 e. The third kappa shape index (κ3) is 3.59. The van der Waals surface area contributed by atoms with Crippen LogP contribution in [0.5, 0.6) is 11.5 Å². The third-order valence-corrected chi connectivity index (χ3v) is 4.74. The van der Waals surface area contributed by atoms with Crippen molar-refractivity contribution in [3.8, 4) is 34.3 Å². The lowest BCUT2D eigenvalue weighted by Crippen LogP contribution is -1.95. The Morgan fingerprint density at radius 2 is 1.68 bits per heavy atom. The normalized spacial score (nSPS) is 10.9.